The molecule has 6 nitrogen and oxygen atoms in total. The minimum Gasteiger partial charge on any atom is -0.383 e. The van der Waals surface area contributed by atoms with Crippen molar-refractivity contribution in [3.8, 4) is 6.07 Å². The fourth-order valence-corrected chi connectivity index (χ4v) is 2.13. The van der Waals surface area contributed by atoms with Gasteiger partial charge >= 0.3 is 0 Å². The van der Waals surface area contributed by atoms with Crippen molar-refractivity contribution in [1.29, 1.82) is 5.26 Å². The van der Waals surface area contributed by atoms with E-state index in [1.54, 1.807) is 12.1 Å². The third-order valence-electron chi connectivity index (χ3n) is 2.94. The van der Waals surface area contributed by atoms with Gasteiger partial charge in [0, 0.05) is 5.02 Å². The number of fused-ring (bicyclic) bond motifs is 1. The topological polar surface area (TPSA) is 92.5 Å². The van der Waals surface area contributed by atoms with Crippen LogP contribution in [0.4, 0.5) is 5.95 Å². The Kier molecular flexibility index (Phi) is 2.62. The van der Waals surface area contributed by atoms with Crippen molar-refractivity contribution in [2.24, 2.45) is 5.73 Å². The monoisotopic (exact) mass is 272 g/mol. The van der Waals surface area contributed by atoms with Crippen LogP contribution in [0.1, 0.15) is 11.6 Å². The number of aromatic nitrogens is 3. The van der Waals surface area contributed by atoms with Gasteiger partial charge in [0.25, 0.3) is 0 Å². The Morgan fingerprint density at radius 1 is 1.37 bits per heavy atom. The number of halogens is 1. The van der Waals surface area contributed by atoms with Crippen molar-refractivity contribution < 1.29 is 0 Å². The average Bonchev–Trinajstić information content (AvgIpc) is 2.88. The Morgan fingerprint density at radius 2 is 2.11 bits per heavy atom. The Labute approximate surface area is 114 Å². The van der Waals surface area contributed by atoms with Gasteiger partial charge in [-0.05, 0) is 17.7 Å². The first-order valence-electron chi connectivity index (χ1n) is 5.53. The normalized spacial score (nSPS) is 17.6. The Hall–Kier alpha value is -2.52. The molecule has 1 aliphatic heterocycles. The maximum Gasteiger partial charge on any atom is 0.228 e. The van der Waals surface area contributed by atoms with E-state index >= 15 is 0 Å². The molecule has 1 unspecified atom stereocenters. The van der Waals surface area contributed by atoms with Gasteiger partial charge in [0.1, 0.15) is 18.2 Å². The average molecular weight is 273 g/mol. The van der Waals surface area contributed by atoms with Crippen LogP contribution in [0.25, 0.3) is 5.82 Å². The van der Waals surface area contributed by atoms with Crippen LogP contribution in [0.2, 0.25) is 5.02 Å². The summed E-state index contributed by atoms with van der Waals surface area (Å²) in [6.07, 6.45) is 1.38. The predicted molar refractivity (Wildman–Crippen MR) is 70.9 cm³/mol. The molecule has 0 aliphatic carbocycles. The summed E-state index contributed by atoms with van der Waals surface area (Å²) in [5.74, 6) is 0.796. The highest BCUT2D eigenvalue weighted by Crippen LogP contribution is 2.32. The molecule has 1 aromatic carbocycles. The highest BCUT2D eigenvalue weighted by molar-refractivity contribution is 6.30. The first kappa shape index (κ1) is 11.6. The molecule has 2 heterocycles. The standard InChI is InChI=1S/C12H9ClN6/c13-8-3-1-7(2-4-8)10-9(5-14)11(15)19-12(18-10)16-6-17-19/h1-4,6,10H,15H2,(H,16,17,18). The molecule has 3 rings (SSSR count). The Balaban J connectivity index is 2.11. The second-order valence-corrected chi connectivity index (χ2v) is 4.47. The first-order valence-corrected chi connectivity index (χ1v) is 5.90. The smallest absolute Gasteiger partial charge is 0.228 e. The van der Waals surface area contributed by atoms with E-state index < -0.39 is 0 Å². The van der Waals surface area contributed by atoms with Crippen molar-refractivity contribution in [3.63, 3.8) is 0 Å². The zero-order valence-electron chi connectivity index (χ0n) is 9.71. The maximum atomic E-state index is 9.30. The number of hydrogen-bond donors (Lipinski definition) is 2. The van der Waals surface area contributed by atoms with Gasteiger partial charge in [0.2, 0.25) is 5.95 Å². The van der Waals surface area contributed by atoms with E-state index in [9.17, 15) is 5.26 Å². The molecule has 1 aromatic heterocycles. The number of anilines is 1. The summed E-state index contributed by atoms with van der Waals surface area (Å²) in [6.45, 7) is 0. The zero-order valence-corrected chi connectivity index (χ0v) is 10.5. The number of hydrogen-bond acceptors (Lipinski definition) is 5. The van der Waals surface area contributed by atoms with E-state index in [2.05, 4.69) is 21.5 Å². The molecule has 0 spiro atoms. The van der Waals surface area contributed by atoms with Crippen LogP contribution < -0.4 is 11.1 Å². The predicted octanol–water partition coefficient (Wildman–Crippen LogP) is 1.75. The van der Waals surface area contributed by atoms with Crippen LogP contribution >= 0.6 is 11.6 Å². The highest BCUT2D eigenvalue weighted by Gasteiger charge is 2.28. The van der Waals surface area contributed by atoms with Gasteiger partial charge in [-0.25, -0.2) is 0 Å². The summed E-state index contributed by atoms with van der Waals surface area (Å²) in [5.41, 5.74) is 7.24. The van der Waals surface area contributed by atoms with E-state index in [-0.39, 0.29) is 11.9 Å². The van der Waals surface area contributed by atoms with Gasteiger partial charge in [-0.2, -0.15) is 20.0 Å². The molecular formula is C12H9ClN6. The van der Waals surface area contributed by atoms with Gasteiger partial charge in [0.15, 0.2) is 0 Å². The lowest BCUT2D eigenvalue weighted by Gasteiger charge is -2.25. The van der Waals surface area contributed by atoms with E-state index in [0.29, 0.717) is 16.5 Å². The number of nitriles is 1. The van der Waals surface area contributed by atoms with Gasteiger partial charge in [-0.15, -0.1) is 0 Å². The van der Waals surface area contributed by atoms with Crippen LogP contribution in [0.15, 0.2) is 36.2 Å². The third-order valence-corrected chi connectivity index (χ3v) is 3.19. The summed E-state index contributed by atoms with van der Waals surface area (Å²) in [6, 6.07) is 8.99. The van der Waals surface area contributed by atoms with Gasteiger partial charge < -0.3 is 11.1 Å². The number of nitrogens with one attached hydrogen (secondary N) is 1. The van der Waals surface area contributed by atoms with Crippen LogP contribution in [-0.2, 0) is 0 Å². The molecule has 0 amide bonds. The summed E-state index contributed by atoms with van der Waals surface area (Å²) < 4.78 is 1.41. The molecule has 1 atom stereocenters. The fraction of sp³-hybridized carbons (Fsp3) is 0.0833. The summed E-state index contributed by atoms with van der Waals surface area (Å²) in [4.78, 5) is 4.06. The van der Waals surface area contributed by atoms with Crippen LogP contribution in [0, 0.1) is 11.3 Å². The zero-order chi connectivity index (χ0) is 13.4. The van der Waals surface area contributed by atoms with E-state index in [1.807, 2.05) is 12.1 Å². The number of nitrogens with zero attached hydrogens (tertiary/aromatic N) is 4. The molecule has 2 aromatic rings. The SMILES string of the molecule is N#CC1=C(N)n2ncnc2NC1c1ccc(Cl)cc1. The minimum absolute atomic E-state index is 0.286. The minimum atomic E-state index is -0.348. The van der Waals surface area contributed by atoms with Gasteiger partial charge in [0.05, 0.1) is 11.6 Å². The first-order chi connectivity index (χ1) is 9.20. The molecule has 19 heavy (non-hydrogen) atoms. The second kappa shape index (κ2) is 4.30. The van der Waals surface area contributed by atoms with E-state index in [4.69, 9.17) is 17.3 Å². The highest BCUT2D eigenvalue weighted by atomic mass is 35.5. The number of nitrogens with two attached hydrogens (primary N) is 1. The molecule has 0 saturated heterocycles. The molecular weight excluding hydrogens is 264 g/mol. The Morgan fingerprint density at radius 3 is 2.79 bits per heavy atom. The van der Waals surface area contributed by atoms with Crippen LogP contribution in [-0.4, -0.2) is 14.8 Å². The lowest BCUT2D eigenvalue weighted by molar-refractivity contribution is 0.794. The summed E-state index contributed by atoms with van der Waals surface area (Å²) in [7, 11) is 0. The van der Waals surface area contributed by atoms with Crippen LogP contribution in [0.5, 0.6) is 0 Å². The molecule has 94 valence electrons. The van der Waals surface area contributed by atoms with Crippen molar-refractivity contribution in [2.45, 2.75) is 6.04 Å². The van der Waals surface area contributed by atoms with E-state index in [1.165, 1.54) is 11.0 Å². The summed E-state index contributed by atoms with van der Waals surface area (Å²) >= 11 is 5.86. The van der Waals surface area contributed by atoms with Gasteiger partial charge in [-0.3, -0.25) is 0 Å². The third kappa shape index (κ3) is 1.80. The molecule has 7 heteroatoms. The molecule has 1 aliphatic rings. The molecule has 0 radical (unpaired) electrons. The van der Waals surface area contributed by atoms with Crippen molar-refractivity contribution >= 4 is 23.4 Å². The molecule has 3 N–H and O–H groups in total. The van der Waals surface area contributed by atoms with Crippen molar-refractivity contribution in [2.75, 3.05) is 5.32 Å². The molecule has 0 fully saturated rings. The fourth-order valence-electron chi connectivity index (χ4n) is 2.01. The Bertz CT molecular complexity index is 694. The van der Waals surface area contributed by atoms with Crippen molar-refractivity contribution in [1.82, 2.24) is 14.8 Å². The van der Waals surface area contributed by atoms with E-state index in [0.717, 1.165) is 5.56 Å². The van der Waals surface area contributed by atoms with Crippen LogP contribution in [0.3, 0.4) is 0 Å². The van der Waals surface area contributed by atoms with Crippen molar-refractivity contribution in [3.05, 3.63) is 46.8 Å². The second-order valence-electron chi connectivity index (χ2n) is 4.04. The maximum absolute atomic E-state index is 9.30. The lowest BCUT2D eigenvalue weighted by Crippen LogP contribution is -2.27. The largest absolute Gasteiger partial charge is 0.383 e. The lowest BCUT2D eigenvalue weighted by atomic mass is 9.98. The molecule has 0 bridgehead atoms. The number of rotatable bonds is 1. The number of benzene rings is 1. The molecule has 0 saturated carbocycles. The summed E-state index contributed by atoms with van der Waals surface area (Å²) in [5, 5.41) is 17.0. The quantitative estimate of drug-likeness (QED) is 0.825. The van der Waals surface area contributed by atoms with Gasteiger partial charge in [-0.1, -0.05) is 23.7 Å².